The van der Waals surface area contributed by atoms with Crippen LogP contribution in [0.1, 0.15) is 12.0 Å². The average Bonchev–Trinajstić information content (AvgIpc) is 2.47. The molecular weight excluding hydrogens is 323 g/mol. The van der Waals surface area contributed by atoms with Crippen molar-refractivity contribution in [1.82, 2.24) is 0 Å². The van der Waals surface area contributed by atoms with Gasteiger partial charge in [0.25, 0.3) is 7.42 Å². The summed E-state index contributed by atoms with van der Waals surface area (Å²) in [6.45, 7) is 0. The molecule has 0 saturated carbocycles. The number of halogens is 2. The van der Waals surface area contributed by atoms with Crippen LogP contribution in [-0.4, -0.2) is 19.6 Å². The molecule has 0 fully saturated rings. The SMILES string of the molecule is COc1ccc(-c2ccc(O)cc2CCC[Si](Cl)Cl)cc1. The molecule has 0 aliphatic rings. The standard InChI is InChI=1S/C16H17Cl2O2Si/c1-20-15-7-4-12(5-8-15)16-9-6-14(19)11-13(16)3-2-10-21(17)18/h4-9,11,19H,2-3,10H2,1H3. The van der Waals surface area contributed by atoms with Crippen molar-refractivity contribution in [1.29, 1.82) is 0 Å². The van der Waals surface area contributed by atoms with Gasteiger partial charge in [0.05, 0.1) is 7.11 Å². The second kappa shape index (κ2) is 7.73. The number of benzene rings is 2. The molecule has 0 unspecified atom stereocenters. The highest BCUT2D eigenvalue weighted by molar-refractivity contribution is 7.33. The molecule has 0 aliphatic carbocycles. The molecular formula is C16H17Cl2O2Si. The summed E-state index contributed by atoms with van der Waals surface area (Å²) in [5.74, 6) is 1.11. The van der Waals surface area contributed by atoms with Gasteiger partial charge in [-0.2, -0.15) is 0 Å². The first-order chi connectivity index (χ1) is 10.1. The Labute approximate surface area is 136 Å². The van der Waals surface area contributed by atoms with E-state index < -0.39 is 7.42 Å². The molecule has 0 heterocycles. The molecule has 0 atom stereocenters. The first-order valence-corrected chi connectivity index (χ1v) is 10.5. The van der Waals surface area contributed by atoms with Crippen LogP contribution in [0.25, 0.3) is 11.1 Å². The zero-order chi connectivity index (χ0) is 15.2. The molecule has 0 aromatic heterocycles. The molecule has 0 bridgehead atoms. The fourth-order valence-corrected chi connectivity index (χ4v) is 3.50. The summed E-state index contributed by atoms with van der Waals surface area (Å²) in [6.07, 6.45) is 1.78. The molecule has 0 amide bonds. The van der Waals surface area contributed by atoms with E-state index in [-0.39, 0.29) is 5.75 Å². The Morgan fingerprint density at radius 2 is 1.81 bits per heavy atom. The minimum atomic E-state index is -1.23. The van der Waals surface area contributed by atoms with Crippen molar-refractivity contribution in [2.75, 3.05) is 7.11 Å². The second-order valence-electron chi connectivity index (χ2n) is 4.76. The van der Waals surface area contributed by atoms with Gasteiger partial charge in [0, 0.05) is 0 Å². The molecule has 1 N–H and O–H groups in total. The summed E-state index contributed by atoms with van der Waals surface area (Å²) in [5.41, 5.74) is 3.33. The molecule has 5 heteroatoms. The van der Waals surface area contributed by atoms with E-state index in [0.29, 0.717) is 0 Å². The van der Waals surface area contributed by atoms with E-state index in [4.69, 9.17) is 26.9 Å². The quantitative estimate of drug-likeness (QED) is 0.594. The van der Waals surface area contributed by atoms with Gasteiger partial charge >= 0.3 is 0 Å². The molecule has 2 aromatic rings. The van der Waals surface area contributed by atoms with E-state index in [1.54, 1.807) is 13.2 Å². The molecule has 0 saturated heterocycles. The van der Waals surface area contributed by atoms with E-state index in [1.807, 2.05) is 36.4 Å². The van der Waals surface area contributed by atoms with Gasteiger partial charge in [-0.05, 0) is 59.8 Å². The van der Waals surface area contributed by atoms with E-state index in [0.717, 1.165) is 41.3 Å². The Morgan fingerprint density at radius 3 is 2.43 bits per heavy atom. The van der Waals surface area contributed by atoms with Crippen molar-refractivity contribution in [3.63, 3.8) is 0 Å². The number of phenols is 1. The summed E-state index contributed by atoms with van der Waals surface area (Å²) in [6, 6.07) is 14.2. The Bertz CT molecular complexity index is 585. The van der Waals surface area contributed by atoms with Crippen molar-refractivity contribution in [3.05, 3.63) is 48.0 Å². The highest BCUT2D eigenvalue weighted by Gasteiger charge is 2.09. The lowest BCUT2D eigenvalue weighted by Crippen LogP contribution is -1.96. The molecule has 111 valence electrons. The third-order valence-corrected chi connectivity index (χ3v) is 5.17. The van der Waals surface area contributed by atoms with E-state index >= 15 is 0 Å². The summed E-state index contributed by atoms with van der Waals surface area (Å²) < 4.78 is 5.18. The number of phenolic OH excluding ortho intramolecular Hbond substituents is 1. The number of hydrogen-bond acceptors (Lipinski definition) is 2. The second-order valence-corrected chi connectivity index (χ2v) is 9.26. The highest BCUT2D eigenvalue weighted by atomic mass is 35.7. The van der Waals surface area contributed by atoms with E-state index in [9.17, 15) is 5.11 Å². The fourth-order valence-electron chi connectivity index (χ4n) is 2.25. The number of ether oxygens (including phenoxy) is 1. The van der Waals surface area contributed by atoms with Gasteiger partial charge in [-0.25, -0.2) is 0 Å². The fraction of sp³-hybridized carbons (Fsp3) is 0.250. The minimum absolute atomic E-state index is 0.282. The number of methoxy groups -OCH3 is 1. The molecule has 0 spiro atoms. The van der Waals surface area contributed by atoms with Gasteiger partial charge in [0.2, 0.25) is 0 Å². The van der Waals surface area contributed by atoms with Gasteiger partial charge in [-0.3, -0.25) is 0 Å². The summed E-state index contributed by atoms with van der Waals surface area (Å²) >= 11 is 11.7. The molecule has 2 rings (SSSR count). The van der Waals surface area contributed by atoms with Crippen LogP contribution in [0.3, 0.4) is 0 Å². The van der Waals surface area contributed by atoms with Crippen LogP contribution in [0.2, 0.25) is 6.04 Å². The van der Waals surface area contributed by atoms with Crippen molar-refractivity contribution in [2.24, 2.45) is 0 Å². The Kier molecular flexibility index (Phi) is 5.97. The lowest BCUT2D eigenvalue weighted by Gasteiger charge is -2.11. The Balaban J connectivity index is 2.24. The first-order valence-electron chi connectivity index (χ1n) is 6.73. The molecule has 21 heavy (non-hydrogen) atoms. The maximum absolute atomic E-state index is 9.71. The molecule has 0 aliphatic heterocycles. The molecule has 2 aromatic carbocycles. The maximum atomic E-state index is 9.71. The Morgan fingerprint density at radius 1 is 1.10 bits per heavy atom. The summed E-state index contributed by atoms with van der Waals surface area (Å²) in [7, 11) is 0.417. The number of hydrogen-bond donors (Lipinski definition) is 1. The van der Waals surface area contributed by atoms with Crippen molar-refractivity contribution < 1.29 is 9.84 Å². The Hall–Kier alpha value is -1.16. The zero-order valence-corrected chi connectivity index (χ0v) is 14.3. The van der Waals surface area contributed by atoms with Crippen LogP contribution in [0.15, 0.2) is 42.5 Å². The number of rotatable bonds is 6. The topological polar surface area (TPSA) is 29.5 Å². The first kappa shape index (κ1) is 16.2. The van der Waals surface area contributed by atoms with Gasteiger partial charge in [-0.1, -0.05) is 18.2 Å². The van der Waals surface area contributed by atoms with Crippen molar-refractivity contribution >= 4 is 29.6 Å². The van der Waals surface area contributed by atoms with Crippen LogP contribution in [0, 0.1) is 0 Å². The number of aryl methyl sites for hydroxylation is 1. The summed E-state index contributed by atoms with van der Waals surface area (Å²) in [5, 5.41) is 9.71. The van der Waals surface area contributed by atoms with Crippen molar-refractivity contribution in [2.45, 2.75) is 18.9 Å². The summed E-state index contributed by atoms with van der Waals surface area (Å²) in [4.78, 5) is 0. The molecule has 2 nitrogen and oxygen atoms in total. The van der Waals surface area contributed by atoms with Crippen LogP contribution >= 0.6 is 22.2 Å². The van der Waals surface area contributed by atoms with E-state index in [1.165, 1.54) is 0 Å². The van der Waals surface area contributed by atoms with Crippen LogP contribution in [-0.2, 0) is 6.42 Å². The largest absolute Gasteiger partial charge is 0.508 e. The lowest BCUT2D eigenvalue weighted by atomic mass is 9.96. The van der Waals surface area contributed by atoms with E-state index in [2.05, 4.69) is 0 Å². The predicted octanol–water partition coefficient (Wildman–Crippen LogP) is 4.97. The van der Waals surface area contributed by atoms with Gasteiger partial charge in [0.15, 0.2) is 0 Å². The lowest BCUT2D eigenvalue weighted by molar-refractivity contribution is 0.415. The average molecular weight is 340 g/mol. The van der Waals surface area contributed by atoms with Crippen molar-refractivity contribution in [3.8, 4) is 22.6 Å². The molecule has 1 radical (unpaired) electrons. The minimum Gasteiger partial charge on any atom is -0.508 e. The third-order valence-electron chi connectivity index (χ3n) is 3.30. The van der Waals surface area contributed by atoms with Gasteiger partial charge < -0.3 is 9.84 Å². The number of aromatic hydroxyl groups is 1. The van der Waals surface area contributed by atoms with Gasteiger partial charge in [0.1, 0.15) is 11.5 Å². The van der Waals surface area contributed by atoms with Crippen LogP contribution in [0.4, 0.5) is 0 Å². The monoisotopic (exact) mass is 339 g/mol. The van der Waals surface area contributed by atoms with Gasteiger partial charge in [-0.15, -0.1) is 22.2 Å². The normalized spacial score (nSPS) is 10.9. The third kappa shape index (κ3) is 4.66. The predicted molar refractivity (Wildman–Crippen MR) is 90.7 cm³/mol. The maximum Gasteiger partial charge on any atom is 0.273 e. The van der Waals surface area contributed by atoms with Crippen LogP contribution in [0.5, 0.6) is 11.5 Å². The smallest absolute Gasteiger partial charge is 0.273 e. The van der Waals surface area contributed by atoms with Crippen LogP contribution < -0.4 is 4.74 Å². The highest BCUT2D eigenvalue weighted by Crippen LogP contribution is 2.29. The zero-order valence-electron chi connectivity index (χ0n) is 11.8.